The van der Waals surface area contributed by atoms with Crippen LogP contribution in [0.15, 0.2) is 0 Å². The second kappa shape index (κ2) is 6.73. The first kappa shape index (κ1) is 16.9. The Morgan fingerprint density at radius 1 is 1.28 bits per heavy atom. The quantitative estimate of drug-likeness (QED) is 0.719. The van der Waals surface area contributed by atoms with Crippen molar-refractivity contribution in [3.63, 3.8) is 0 Å². The fraction of sp³-hybridized carbons (Fsp3) is 0.846. The van der Waals surface area contributed by atoms with Crippen LogP contribution in [0.3, 0.4) is 0 Å². The highest BCUT2D eigenvalue weighted by molar-refractivity contribution is 5.84. The molecule has 5 nitrogen and oxygen atoms in total. The molecule has 0 saturated carbocycles. The molecule has 0 fully saturated rings. The molecule has 1 unspecified atom stereocenters. The molecule has 0 saturated heterocycles. The molecule has 1 atom stereocenters. The zero-order valence-corrected chi connectivity index (χ0v) is 12.3. The highest BCUT2D eigenvalue weighted by Crippen LogP contribution is 2.20. The summed E-state index contributed by atoms with van der Waals surface area (Å²) in [5.41, 5.74) is -1.02. The number of nitrogens with one attached hydrogen (secondary N) is 1. The summed E-state index contributed by atoms with van der Waals surface area (Å²) in [6.45, 7) is 7.84. The summed E-state index contributed by atoms with van der Waals surface area (Å²) in [6, 6.07) is 0.252. The first-order valence-electron chi connectivity index (χ1n) is 6.24. The molecule has 0 aliphatic carbocycles. The molecule has 0 bridgehead atoms. The minimum Gasteiger partial charge on any atom is -0.481 e. The fourth-order valence-corrected chi connectivity index (χ4v) is 1.77. The standard InChI is InChI=1S/C13H26N2O3/c1-9(2)10(15(5)6)8-14-11(16)7-13(3,4)12(17)18/h9-10H,7-8H2,1-6H3,(H,14,16)(H,17,18). The van der Waals surface area contributed by atoms with Crippen molar-refractivity contribution in [2.75, 3.05) is 20.6 Å². The molecule has 0 spiro atoms. The van der Waals surface area contributed by atoms with Gasteiger partial charge in [-0.2, -0.15) is 0 Å². The van der Waals surface area contributed by atoms with E-state index in [0.29, 0.717) is 12.5 Å². The van der Waals surface area contributed by atoms with Gasteiger partial charge in [-0.1, -0.05) is 13.8 Å². The molecule has 0 aromatic heterocycles. The molecule has 2 N–H and O–H groups in total. The summed E-state index contributed by atoms with van der Waals surface area (Å²) in [7, 11) is 3.94. The van der Waals surface area contributed by atoms with Gasteiger partial charge in [-0.15, -0.1) is 0 Å². The first-order chi connectivity index (χ1) is 8.08. The van der Waals surface area contributed by atoms with E-state index in [1.165, 1.54) is 0 Å². The van der Waals surface area contributed by atoms with E-state index in [4.69, 9.17) is 5.11 Å². The summed E-state index contributed by atoms with van der Waals surface area (Å²) < 4.78 is 0. The zero-order valence-electron chi connectivity index (χ0n) is 12.3. The number of nitrogens with zero attached hydrogens (tertiary/aromatic N) is 1. The van der Waals surface area contributed by atoms with E-state index < -0.39 is 11.4 Å². The van der Waals surface area contributed by atoms with Crippen molar-refractivity contribution in [1.29, 1.82) is 0 Å². The smallest absolute Gasteiger partial charge is 0.309 e. The van der Waals surface area contributed by atoms with Gasteiger partial charge in [-0.25, -0.2) is 0 Å². The number of rotatable bonds is 7. The predicted octanol–water partition coefficient (Wildman–Crippen LogP) is 1.19. The van der Waals surface area contributed by atoms with Crippen LogP contribution in [0.5, 0.6) is 0 Å². The van der Waals surface area contributed by atoms with Gasteiger partial charge in [0.15, 0.2) is 0 Å². The van der Waals surface area contributed by atoms with Crippen LogP contribution in [0, 0.1) is 11.3 Å². The van der Waals surface area contributed by atoms with Crippen molar-refractivity contribution in [2.45, 2.75) is 40.2 Å². The van der Waals surface area contributed by atoms with E-state index in [0.717, 1.165) is 0 Å². The van der Waals surface area contributed by atoms with Gasteiger partial charge in [0.2, 0.25) is 5.91 Å². The largest absolute Gasteiger partial charge is 0.481 e. The lowest BCUT2D eigenvalue weighted by molar-refractivity contribution is -0.149. The summed E-state index contributed by atoms with van der Waals surface area (Å²) in [5.74, 6) is -0.742. The number of carbonyl (C=O) groups excluding carboxylic acids is 1. The number of hydrogen-bond acceptors (Lipinski definition) is 3. The van der Waals surface area contributed by atoms with Crippen molar-refractivity contribution in [2.24, 2.45) is 11.3 Å². The second-order valence-corrected chi connectivity index (χ2v) is 5.94. The maximum atomic E-state index is 11.7. The van der Waals surface area contributed by atoms with Gasteiger partial charge in [-0.05, 0) is 33.9 Å². The average Bonchev–Trinajstić information content (AvgIpc) is 2.15. The van der Waals surface area contributed by atoms with Crippen molar-refractivity contribution in [3.8, 4) is 0 Å². The lowest BCUT2D eigenvalue weighted by atomic mass is 9.89. The van der Waals surface area contributed by atoms with E-state index in [1.54, 1.807) is 13.8 Å². The fourth-order valence-electron chi connectivity index (χ4n) is 1.77. The summed E-state index contributed by atoms with van der Waals surface area (Å²) in [4.78, 5) is 24.7. The van der Waals surface area contributed by atoms with Gasteiger partial charge in [0.25, 0.3) is 0 Å². The molecule has 1 amide bonds. The lowest BCUT2D eigenvalue weighted by Gasteiger charge is -2.28. The Kier molecular flexibility index (Phi) is 6.32. The van der Waals surface area contributed by atoms with E-state index in [1.807, 2.05) is 14.1 Å². The zero-order chi connectivity index (χ0) is 14.5. The topological polar surface area (TPSA) is 69.6 Å². The molecule has 0 heterocycles. The summed E-state index contributed by atoms with van der Waals surface area (Å²) in [6.07, 6.45) is 0.000573. The Labute approximate surface area is 110 Å². The van der Waals surface area contributed by atoms with Gasteiger partial charge in [0, 0.05) is 19.0 Å². The second-order valence-electron chi connectivity index (χ2n) is 5.94. The Bertz CT molecular complexity index is 291. The van der Waals surface area contributed by atoms with Crippen LogP contribution in [0.25, 0.3) is 0 Å². The molecule has 106 valence electrons. The Balaban J connectivity index is 4.30. The molecule has 0 rings (SSSR count). The van der Waals surface area contributed by atoms with Gasteiger partial charge >= 0.3 is 5.97 Å². The maximum absolute atomic E-state index is 11.7. The Morgan fingerprint density at radius 3 is 2.11 bits per heavy atom. The van der Waals surface area contributed by atoms with Crippen molar-refractivity contribution >= 4 is 11.9 Å². The molecule has 0 aliphatic rings. The number of carboxylic acids is 1. The van der Waals surface area contributed by atoms with Crippen LogP contribution in [-0.2, 0) is 9.59 Å². The number of hydrogen-bond donors (Lipinski definition) is 2. The average molecular weight is 258 g/mol. The molecule has 0 aromatic rings. The van der Waals surface area contributed by atoms with Crippen molar-refractivity contribution in [1.82, 2.24) is 10.2 Å². The Morgan fingerprint density at radius 2 is 1.78 bits per heavy atom. The Hall–Kier alpha value is -1.10. The van der Waals surface area contributed by atoms with Gasteiger partial charge in [0.05, 0.1) is 5.41 Å². The van der Waals surface area contributed by atoms with Gasteiger partial charge < -0.3 is 15.3 Å². The van der Waals surface area contributed by atoms with E-state index in [2.05, 4.69) is 24.1 Å². The van der Waals surface area contributed by atoms with Gasteiger partial charge in [0.1, 0.15) is 0 Å². The number of likely N-dealkylation sites (N-methyl/N-ethyl adjacent to an activating group) is 1. The third-order valence-corrected chi connectivity index (χ3v) is 3.12. The third-order valence-electron chi connectivity index (χ3n) is 3.12. The van der Waals surface area contributed by atoms with Crippen LogP contribution in [0.4, 0.5) is 0 Å². The molecule has 0 aliphatic heterocycles. The van der Waals surface area contributed by atoms with Crippen LogP contribution >= 0.6 is 0 Å². The maximum Gasteiger partial charge on any atom is 0.309 e. The highest BCUT2D eigenvalue weighted by atomic mass is 16.4. The monoisotopic (exact) mass is 258 g/mol. The number of amides is 1. The predicted molar refractivity (Wildman–Crippen MR) is 71.4 cm³/mol. The van der Waals surface area contributed by atoms with Crippen molar-refractivity contribution < 1.29 is 14.7 Å². The minimum absolute atomic E-state index is 0.000573. The number of carboxylic acid groups (broad SMARTS) is 1. The third kappa shape index (κ3) is 5.49. The molecule has 5 heteroatoms. The molecule has 0 aromatic carbocycles. The van der Waals surface area contributed by atoms with Crippen LogP contribution in [0.1, 0.15) is 34.1 Å². The number of aliphatic carboxylic acids is 1. The van der Waals surface area contributed by atoms with Crippen molar-refractivity contribution in [3.05, 3.63) is 0 Å². The minimum atomic E-state index is -1.02. The first-order valence-corrected chi connectivity index (χ1v) is 6.24. The van der Waals surface area contributed by atoms with E-state index in [-0.39, 0.29) is 18.4 Å². The summed E-state index contributed by atoms with van der Waals surface area (Å²) >= 11 is 0. The number of carbonyl (C=O) groups is 2. The van der Waals surface area contributed by atoms with Crippen LogP contribution < -0.4 is 5.32 Å². The van der Waals surface area contributed by atoms with Crippen LogP contribution in [0.2, 0.25) is 0 Å². The molecule has 18 heavy (non-hydrogen) atoms. The molecular formula is C13H26N2O3. The van der Waals surface area contributed by atoms with Gasteiger partial charge in [-0.3, -0.25) is 9.59 Å². The van der Waals surface area contributed by atoms with E-state index in [9.17, 15) is 9.59 Å². The molecule has 0 radical (unpaired) electrons. The highest BCUT2D eigenvalue weighted by Gasteiger charge is 2.30. The lowest BCUT2D eigenvalue weighted by Crippen LogP contribution is -2.44. The van der Waals surface area contributed by atoms with Crippen LogP contribution in [-0.4, -0.2) is 48.6 Å². The molecular weight excluding hydrogens is 232 g/mol. The SMILES string of the molecule is CC(C)C(CNC(=O)CC(C)(C)C(=O)O)N(C)C. The summed E-state index contributed by atoms with van der Waals surface area (Å²) in [5, 5.41) is 11.8. The normalized spacial score (nSPS) is 13.8. The van der Waals surface area contributed by atoms with E-state index >= 15 is 0 Å².